The number of ketones is 2. The fourth-order valence-electron chi connectivity index (χ4n) is 8.61. The lowest BCUT2D eigenvalue weighted by molar-refractivity contribution is -0.133. The van der Waals surface area contributed by atoms with Gasteiger partial charge in [0.1, 0.15) is 11.6 Å². The number of hydrogen-bond acceptors (Lipinski definition) is 5. The Morgan fingerprint density at radius 1 is 0.410 bits per heavy atom. The molecule has 5 heteroatoms. The monoisotopic (exact) mass is 544 g/mol. The first kappa shape index (κ1) is 29.7. The molecule has 5 saturated carbocycles. The Morgan fingerprint density at radius 2 is 0.667 bits per heavy atom. The Balaban J connectivity index is 0.953. The predicted molar refractivity (Wildman–Crippen MR) is 154 cm³/mol. The SMILES string of the molecule is COC1CCC(OC2CCC(C(=O)C3CCC(OC4CCC(C(=O)C5CCC(C)CC5)CC4)CC3)CC2)CC1. The second-order valence-corrected chi connectivity index (χ2v) is 14.1. The Morgan fingerprint density at radius 3 is 0.974 bits per heavy atom. The fourth-order valence-corrected chi connectivity index (χ4v) is 8.61. The number of hydrogen-bond donors (Lipinski definition) is 0. The highest BCUT2D eigenvalue weighted by Gasteiger charge is 2.37. The van der Waals surface area contributed by atoms with E-state index in [-0.39, 0.29) is 17.8 Å². The molecule has 5 aliphatic carbocycles. The number of ether oxygens (including phenoxy) is 3. The zero-order valence-electron chi connectivity index (χ0n) is 25.0. The molecule has 5 fully saturated rings. The van der Waals surface area contributed by atoms with Crippen molar-refractivity contribution < 1.29 is 23.8 Å². The molecule has 0 bridgehead atoms. The van der Waals surface area contributed by atoms with Gasteiger partial charge in [-0.3, -0.25) is 9.59 Å². The van der Waals surface area contributed by atoms with Crippen molar-refractivity contribution in [3.05, 3.63) is 0 Å². The van der Waals surface area contributed by atoms with Crippen molar-refractivity contribution in [3.8, 4) is 0 Å². The van der Waals surface area contributed by atoms with Crippen LogP contribution in [0.4, 0.5) is 0 Å². The van der Waals surface area contributed by atoms with Gasteiger partial charge in [-0.1, -0.05) is 19.8 Å². The molecule has 0 aromatic carbocycles. The summed E-state index contributed by atoms with van der Waals surface area (Å²) in [5.74, 6) is 3.00. The van der Waals surface area contributed by atoms with E-state index in [2.05, 4.69) is 6.92 Å². The maximum atomic E-state index is 13.3. The Kier molecular flexibility index (Phi) is 11.0. The predicted octanol–water partition coefficient (Wildman–Crippen LogP) is 7.62. The van der Waals surface area contributed by atoms with E-state index in [1.807, 2.05) is 7.11 Å². The van der Waals surface area contributed by atoms with E-state index in [0.717, 1.165) is 121 Å². The second-order valence-electron chi connectivity index (χ2n) is 14.1. The molecule has 5 nitrogen and oxygen atoms in total. The van der Waals surface area contributed by atoms with Gasteiger partial charge in [0.15, 0.2) is 0 Å². The molecule has 0 N–H and O–H groups in total. The zero-order valence-corrected chi connectivity index (χ0v) is 25.0. The van der Waals surface area contributed by atoms with E-state index in [4.69, 9.17) is 14.2 Å². The maximum Gasteiger partial charge on any atom is 0.139 e. The summed E-state index contributed by atoms with van der Waals surface area (Å²) < 4.78 is 18.5. The first-order chi connectivity index (χ1) is 19.0. The lowest BCUT2D eigenvalue weighted by Crippen LogP contribution is -2.36. The van der Waals surface area contributed by atoms with E-state index >= 15 is 0 Å². The molecule has 0 saturated heterocycles. The van der Waals surface area contributed by atoms with Crippen LogP contribution < -0.4 is 0 Å². The molecule has 0 aliphatic heterocycles. The van der Waals surface area contributed by atoms with Crippen molar-refractivity contribution in [2.75, 3.05) is 7.11 Å². The summed E-state index contributed by atoms with van der Waals surface area (Å²) in [6.07, 6.45) is 23.2. The van der Waals surface area contributed by atoms with Crippen LogP contribution in [-0.4, -0.2) is 49.2 Å². The van der Waals surface area contributed by atoms with Crippen LogP contribution >= 0.6 is 0 Å². The van der Waals surface area contributed by atoms with Crippen LogP contribution in [0.5, 0.6) is 0 Å². The molecule has 0 aromatic heterocycles. The maximum absolute atomic E-state index is 13.3. The third kappa shape index (κ3) is 8.16. The summed E-state index contributed by atoms with van der Waals surface area (Å²) in [6, 6.07) is 0. The van der Waals surface area contributed by atoms with Crippen molar-refractivity contribution in [1.29, 1.82) is 0 Å². The number of Topliss-reactive ketones (excluding diaryl/α,β-unsaturated/α-hetero) is 2. The van der Waals surface area contributed by atoms with Crippen molar-refractivity contribution in [1.82, 2.24) is 0 Å². The molecule has 0 radical (unpaired) electrons. The Hall–Kier alpha value is -0.780. The summed E-state index contributed by atoms with van der Waals surface area (Å²) in [4.78, 5) is 26.4. The van der Waals surface area contributed by atoms with Crippen molar-refractivity contribution in [2.45, 2.75) is 166 Å². The van der Waals surface area contributed by atoms with Gasteiger partial charge in [-0.25, -0.2) is 0 Å². The minimum Gasteiger partial charge on any atom is -0.381 e. The summed E-state index contributed by atoms with van der Waals surface area (Å²) in [6.45, 7) is 2.32. The molecular formula is C34H56O5. The molecule has 222 valence electrons. The van der Waals surface area contributed by atoms with Gasteiger partial charge >= 0.3 is 0 Å². The summed E-state index contributed by atoms with van der Waals surface area (Å²) in [5, 5.41) is 0. The molecule has 39 heavy (non-hydrogen) atoms. The van der Waals surface area contributed by atoms with Crippen molar-refractivity contribution in [2.24, 2.45) is 29.6 Å². The first-order valence-electron chi connectivity index (χ1n) is 16.9. The topological polar surface area (TPSA) is 61.8 Å². The highest BCUT2D eigenvalue weighted by Crippen LogP contribution is 2.38. The molecular weight excluding hydrogens is 488 g/mol. The van der Waals surface area contributed by atoms with Gasteiger partial charge in [0, 0.05) is 30.8 Å². The second kappa shape index (κ2) is 14.4. The number of rotatable bonds is 9. The van der Waals surface area contributed by atoms with Crippen LogP contribution in [0.25, 0.3) is 0 Å². The van der Waals surface area contributed by atoms with Crippen LogP contribution in [0.15, 0.2) is 0 Å². The number of carbonyl (C=O) groups is 2. The lowest BCUT2D eigenvalue weighted by atomic mass is 9.74. The minimum absolute atomic E-state index is 0.239. The summed E-state index contributed by atoms with van der Waals surface area (Å²) >= 11 is 0. The molecule has 0 spiro atoms. The summed E-state index contributed by atoms with van der Waals surface area (Å²) in [7, 11) is 1.82. The van der Waals surface area contributed by atoms with Crippen LogP contribution in [0.2, 0.25) is 0 Å². The van der Waals surface area contributed by atoms with Gasteiger partial charge in [0.25, 0.3) is 0 Å². The number of carbonyl (C=O) groups excluding carboxylic acids is 2. The highest BCUT2D eigenvalue weighted by atomic mass is 16.5. The largest absolute Gasteiger partial charge is 0.381 e. The molecule has 0 amide bonds. The molecule has 0 aromatic rings. The summed E-state index contributed by atoms with van der Waals surface area (Å²) in [5.41, 5.74) is 0. The Bertz CT molecular complexity index is 756. The highest BCUT2D eigenvalue weighted by molar-refractivity contribution is 5.84. The fraction of sp³-hybridized carbons (Fsp3) is 0.941. The van der Waals surface area contributed by atoms with Gasteiger partial charge < -0.3 is 14.2 Å². The Labute approximate surface area is 237 Å². The van der Waals surface area contributed by atoms with E-state index in [1.165, 1.54) is 12.8 Å². The van der Waals surface area contributed by atoms with Gasteiger partial charge in [-0.2, -0.15) is 0 Å². The van der Waals surface area contributed by atoms with Gasteiger partial charge in [0.2, 0.25) is 0 Å². The van der Waals surface area contributed by atoms with Crippen LogP contribution in [0.1, 0.15) is 135 Å². The van der Waals surface area contributed by atoms with Gasteiger partial charge in [0.05, 0.1) is 30.5 Å². The van der Waals surface area contributed by atoms with Crippen LogP contribution in [0.3, 0.4) is 0 Å². The minimum atomic E-state index is 0.239. The zero-order chi connectivity index (χ0) is 27.2. The van der Waals surface area contributed by atoms with Crippen LogP contribution in [-0.2, 0) is 23.8 Å². The average Bonchev–Trinajstić information content (AvgIpc) is 2.98. The molecule has 0 heterocycles. The van der Waals surface area contributed by atoms with Crippen LogP contribution in [0, 0.1) is 29.6 Å². The average molecular weight is 545 g/mol. The smallest absolute Gasteiger partial charge is 0.139 e. The van der Waals surface area contributed by atoms with Crippen molar-refractivity contribution >= 4 is 11.6 Å². The first-order valence-corrected chi connectivity index (χ1v) is 16.9. The normalized spacial score (nSPS) is 42.1. The van der Waals surface area contributed by atoms with Crippen molar-refractivity contribution in [3.63, 3.8) is 0 Å². The van der Waals surface area contributed by atoms with E-state index in [1.54, 1.807) is 0 Å². The third-order valence-corrected chi connectivity index (χ3v) is 11.4. The third-order valence-electron chi connectivity index (χ3n) is 11.4. The molecule has 5 aliphatic rings. The van der Waals surface area contributed by atoms with Gasteiger partial charge in [-0.05, 0) is 121 Å². The van der Waals surface area contributed by atoms with E-state index in [9.17, 15) is 9.59 Å². The van der Waals surface area contributed by atoms with Gasteiger partial charge in [-0.15, -0.1) is 0 Å². The molecule has 0 atom stereocenters. The number of methoxy groups -OCH3 is 1. The van der Waals surface area contributed by atoms with E-state index < -0.39 is 0 Å². The lowest BCUT2D eigenvalue weighted by Gasteiger charge is -2.37. The standard InChI is InChI=1S/C34H56O5/c1-23-3-5-24(6-4-23)33(35)25-7-13-29(14-8-25)38-30-15-9-26(10-16-30)34(36)27-11-17-31(18-12-27)39-32-21-19-28(37-2)20-22-32/h23-32H,3-22H2,1-2H3. The molecule has 0 unspecified atom stereocenters. The quantitative estimate of drug-likeness (QED) is 0.299. The van der Waals surface area contributed by atoms with E-state index in [0.29, 0.717) is 48.0 Å². The molecule has 5 rings (SSSR count).